The summed E-state index contributed by atoms with van der Waals surface area (Å²) in [5.74, 6) is 2.32. The zero-order valence-electron chi connectivity index (χ0n) is 9.30. The van der Waals surface area contributed by atoms with Crippen molar-refractivity contribution >= 4 is 23.5 Å². The molecule has 1 aliphatic heterocycles. The molecule has 0 bridgehead atoms. The highest BCUT2D eigenvalue weighted by Gasteiger charge is 2.18. The predicted molar refractivity (Wildman–Crippen MR) is 67.4 cm³/mol. The summed E-state index contributed by atoms with van der Waals surface area (Å²) >= 11 is 1.77. The van der Waals surface area contributed by atoms with Gasteiger partial charge in [0.2, 0.25) is 5.91 Å². The van der Waals surface area contributed by atoms with Gasteiger partial charge in [-0.2, -0.15) is 0 Å². The first-order chi connectivity index (χ1) is 8.24. The summed E-state index contributed by atoms with van der Waals surface area (Å²) in [7, 11) is 0. The van der Waals surface area contributed by atoms with Gasteiger partial charge in [-0.05, 0) is 12.1 Å². The van der Waals surface area contributed by atoms with Gasteiger partial charge in [-0.15, -0.1) is 11.8 Å². The van der Waals surface area contributed by atoms with Gasteiger partial charge in [-0.3, -0.25) is 9.36 Å². The average molecular weight is 245 g/mol. The van der Waals surface area contributed by atoms with Crippen molar-refractivity contribution in [2.75, 3.05) is 5.32 Å². The second-order valence-electron chi connectivity index (χ2n) is 3.85. The number of benzene rings is 1. The van der Waals surface area contributed by atoms with Crippen LogP contribution in [0, 0.1) is 0 Å². The third kappa shape index (κ3) is 1.82. The van der Waals surface area contributed by atoms with E-state index in [1.54, 1.807) is 11.8 Å². The Balaban J connectivity index is 2.07. The lowest BCUT2D eigenvalue weighted by Gasteiger charge is -2.16. The van der Waals surface area contributed by atoms with Crippen molar-refractivity contribution in [2.45, 2.75) is 17.6 Å². The molecule has 2 aromatic rings. The van der Waals surface area contributed by atoms with Crippen molar-refractivity contribution < 1.29 is 4.79 Å². The number of imidazole rings is 1. The Morgan fingerprint density at radius 1 is 1.47 bits per heavy atom. The van der Waals surface area contributed by atoms with Crippen LogP contribution in [0.25, 0.3) is 5.69 Å². The Kier molecular flexibility index (Phi) is 2.40. The molecule has 1 aromatic heterocycles. The largest absolute Gasteiger partial charge is 0.310 e. The van der Waals surface area contributed by atoms with Crippen LogP contribution >= 0.6 is 11.8 Å². The summed E-state index contributed by atoms with van der Waals surface area (Å²) in [4.78, 5) is 16.6. The summed E-state index contributed by atoms with van der Waals surface area (Å²) in [6.45, 7) is 1.49. The third-order valence-electron chi connectivity index (χ3n) is 2.56. The summed E-state index contributed by atoms with van der Waals surface area (Å²) in [6.07, 6.45) is 1.87. The molecule has 1 aliphatic rings. The zero-order chi connectivity index (χ0) is 11.8. The third-order valence-corrected chi connectivity index (χ3v) is 3.62. The Morgan fingerprint density at radius 2 is 2.29 bits per heavy atom. The Bertz CT molecular complexity index is 591. The maximum Gasteiger partial charge on any atom is 0.222 e. The van der Waals surface area contributed by atoms with Gasteiger partial charge < -0.3 is 5.32 Å². The molecule has 1 aromatic carbocycles. The number of para-hydroxylation sites is 1. The fraction of sp³-hybridized carbons (Fsp3) is 0.167. The number of hydrogen-bond acceptors (Lipinski definition) is 3. The number of carbonyl (C=O) groups excluding carboxylic acids is 1. The molecule has 2 heterocycles. The second kappa shape index (κ2) is 3.92. The second-order valence-corrected chi connectivity index (χ2v) is 4.87. The van der Waals surface area contributed by atoms with Crippen LogP contribution in [0.3, 0.4) is 0 Å². The van der Waals surface area contributed by atoms with Crippen LogP contribution in [0.5, 0.6) is 0 Å². The van der Waals surface area contributed by atoms with Gasteiger partial charge >= 0.3 is 0 Å². The first-order valence-electron chi connectivity index (χ1n) is 5.32. The van der Waals surface area contributed by atoms with Gasteiger partial charge in [0, 0.05) is 11.8 Å². The molecule has 0 atom stereocenters. The van der Waals surface area contributed by atoms with E-state index in [2.05, 4.69) is 22.4 Å². The van der Waals surface area contributed by atoms with Gasteiger partial charge in [0.05, 0.1) is 17.6 Å². The fourth-order valence-corrected chi connectivity index (χ4v) is 2.87. The van der Waals surface area contributed by atoms with E-state index in [4.69, 9.17) is 0 Å². The van der Waals surface area contributed by atoms with E-state index in [1.165, 1.54) is 11.8 Å². The molecule has 0 aliphatic carbocycles. The highest BCUT2D eigenvalue weighted by atomic mass is 32.2. The van der Waals surface area contributed by atoms with Crippen molar-refractivity contribution in [3.05, 3.63) is 36.3 Å². The van der Waals surface area contributed by atoms with Crippen molar-refractivity contribution in [3.63, 3.8) is 0 Å². The van der Waals surface area contributed by atoms with Gasteiger partial charge in [0.15, 0.2) is 5.82 Å². The summed E-state index contributed by atoms with van der Waals surface area (Å²) in [5, 5.41) is 2.71. The maximum atomic E-state index is 11.0. The SMILES string of the molecule is CC(=O)Nc1cn2c(n1)CSc1ccccc1-2. The number of rotatable bonds is 1. The molecule has 0 spiro atoms. The van der Waals surface area contributed by atoms with E-state index < -0.39 is 0 Å². The Hall–Kier alpha value is -1.75. The number of thioether (sulfide) groups is 1. The highest BCUT2D eigenvalue weighted by Crippen LogP contribution is 2.35. The number of anilines is 1. The molecule has 0 radical (unpaired) electrons. The molecule has 0 saturated carbocycles. The normalized spacial score (nSPS) is 12.8. The topological polar surface area (TPSA) is 46.9 Å². The van der Waals surface area contributed by atoms with Crippen LogP contribution in [0.1, 0.15) is 12.7 Å². The number of amides is 1. The molecule has 86 valence electrons. The van der Waals surface area contributed by atoms with E-state index in [0.29, 0.717) is 5.82 Å². The minimum absolute atomic E-state index is 0.0959. The molecule has 5 heteroatoms. The van der Waals surface area contributed by atoms with Gasteiger partial charge in [-0.1, -0.05) is 12.1 Å². The molecular formula is C12H11N3OS. The monoisotopic (exact) mass is 245 g/mol. The minimum atomic E-state index is -0.0959. The van der Waals surface area contributed by atoms with Crippen LogP contribution in [0.4, 0.5) is 5.82 Å². The van der Waals surface area contributed by atoms with Gasteiger partial charge in [0.1, 0.15) is 5.82 Å². The van der Waals surface area contributed by atoms with Gasteiger partial charge in [-0.25, -0.2) is 4.98 Å². The standard InChI is InChI=1S/C12H11N3OS/c1-8(16)13-11-6-15-9-4-2-3-5-10(9)17-7-12(15)14-11/h2-6H,7H2,1H3,(H,13,16). The number of nitrogens with zero attached hydrogens (tertiary/aromatic N) is 2. The van der Waals surface area contributed by atoms with Crippen LogP contribution < -0.4 is 5.32 Å². The molecule has 4 nitrogen and oxygen atoms in total. The predicted octanol–water partition coefficient (Wildman–Crippen LogP) is 2.44. The number of fused-ring (bicyclic) bond motifs is 3. The van der Waals surface area contributed by atoms with Crippen LogP contribution in [-0.4, -0.2) is 15.5 Å². The Morgan fingerprint density at radius 3 is 3.12 bits per heavy atom. The van der Waals surface area contributed by atoms with Crippen molar-refractivity contribution in [1.82, 2.24) is 9.55 Å². The molecule has 0 unspecified atom stereocenters. The summed E-state index contributed by atoms with van der Waals surface area (Å²) < 4.78 is 2.04. The lowest BCUT2D eigenvalue weighted by atomic mass is 10.3. The molecular weight excluding hydrogens is 234 g/mol. The average Bonchev–Trinajstić information content (AvgIpc) is 2.70. The number of aromatic nitrogens is 2. The van der Waals surface area contributed by atoms with E-state index in [-0.39, 0.29) is 5.91 Å². The highest BCUT2D eigenvalue weighted by molar-refractivity contribution is 7.98. The summed E-state index contributed by atoms with van der Waals surface area (Å²) in [6, 6.07) is 8.19. The van der Waals surface area contributed by atoms with E-state index >= 15 is 0 Å². The lowest BCUT2D eigenvalue weighted by molar-refractivity contribution is -0.114. The Labute approximate surface area is 103 Å². The fourth-order valence-electron chi connectivity index (χ4n) is 1.89. The molecule has 1 N–H and O–H groups in total. The van der Waals surface area contributed by atoms with Crippen molar-refractivity contribution in [1.29, 1.82) is 0 Å². The van der Waals surface area contributed by atoms with Crippen molar-refractivity contribution in [2.24, 2.45) is 0 Å². The number of hydrogen-bond donors (Lipinski definition) is 1. The van der Waals surface area contributed by atoms with Crippen molar-refractivity contribution in [3.8, 4) is 5.69 Å². The number of carbonyl (C=O) groups is 1. The first kappa shape index (κ1) is 10.4. The zero-order valence-corrected chi connectivity index (χ0v) is 10.1. The van der Waals surface area contributed by atoms with E-state index in [9.17, 15) is 4.79 Å². The smallest absolute Gasteiger partial charge is 0.222 e. The van der Waals surface area contributed by atoms with Crippen LogP contribution in [0.2, 0.25) is 0 Å². The summed E-state index contributed by atoms with van der Waals surface area (Å²) in [5.41, 5.74) is 1.13. The van der Waals surface area contributed by atoms with Gasteiger partial charge in [0.25, 0.3) is 0 Å². The minimum Gasteiger partial charge on any atom is -0.310 e. The molecule has 17 heavy (non-hydrogen) atoms. The van der Waals surface area contributed by atoms with E-state index in [0.717, 1.165) is 17.3 Å². The quantitative estimate of drug-likeness (QED) is 0.839. The van der Waals surface area contributed by atoms with E-state index in [1.807, 2.05) is 22.9 Å². The molecule has 3 rings (SSSR count). The molecule has 1 amide bonds. The van der Waals surface area contributed by atoms with Crippen LogP contribution in [0.15, 0.2) is 35.4 Å². The lowest BCUT2D eigenvalue weighted by Crippen LogP contribution is -2.05. The maximum absolute atomic E-state index is 11.0. The first-order valence-corrected chi connectivity index (χ1v) is 6.30. The molecule has 0 fully saturated rings. The number of nitrogens with one attached hydrogen (secondary N) is 1. The molecule has 0 saturated heterocycles. The van der Waals surface area contributed by atoms with Crippen LogP contribution in [-0.2, 0) is 10.5 Å².